The number of halogens is 1. The van der Waals surface area contributed by atoms with Crippen molar-refractivity contribution in [1.29, 1.82) is 0 Å². The molecule has 37 heavy (non-hydrogen) atoms. The largest absolute Gasteiger partial charge is 0.493 e. The number of fused-ring (bicyclic) bond motifs is 1. The number of amides is 1. The molecule has 1 N–H and O–H groups in total. The van der Waals surface area contributed by atoms with Gasteiger partial charge in [-0.25, -0.2) is 0 Å². The Balaban J connectivity index is 1.80. The predicted molar refractivity (Wildman–Crippen MR) is 146 cm³/mol. The minimum absolute atomic E-state index is 0.0141. The van der Waals surface area contributed by atoms with Gasteiger partial charge in [-0.2, -0.15) is 0 Å². The summed E-state index contributed by atoms with van der Waals surface area (Å²) in [5, 5.41) is 4.07. The summed E-state index contributed by atoms with van der Waals surface area (Å²) in [5.74, 6) is 0.867. The number of para-hydroxylation sites is 2. The second kappa shape index (κ2) is 9.60. The molecular formula is C30H29ClN2O4. The van der Waals surface area contributed by atoms with Crippen molar-refractivity contribution < 1.29 is 19.1 Å². The van der Waals surface area contributed by atoms with Crippen molar-refractivity contribution in [2.45, 2.75) is 32.7 Å². The number of methoxy groups -OCH3 is 2. The van der Waals surface area contributed by atoms with Crippen molar-refractivity contribution >= 4 is 34.7 Å². The summed E-state index contributed by atoms with van der Waals surface area (Å²) in [7, 11) is 3.15. The van der Waals surface area contributed by atoms with Gasteiger partial charge in [0.1, 0.15) is 0 Å². The number of Topliss-reactive ketones (excluding diaryl/α,β-unsaturated/α-hetero) is 1. The highest BCUT2D eigenvalue weighted by Gasteiger charge is 2.43. The molecule has 0 fully saturated rings. The van der Waals surface area contributed by atoms with Crippen LogP contribution in [0.15, 0.2) is 78.0 Å². The number of ketones is 1. The van der Waals surface area contributed by atoms with Gasteiger partial charge in [0.15, 0.2) is 17.3 Å². The zero-order valence-electron chi connectivity index (χ0n) is 21.3. The van der Waals surface area contributed by atoms with E-state index in [0.717, 1.165) is 16.9 Å². The van der Waals surface area contributed by atoms with Crippen LogP contribution in [0.1, 0.15) is 48.7 Å². The number of anilines is 2. The Morgan fingerprint density at radius 1 is 0.973 bits per heavy atom. The van der Waals surface area contributed by atoms with Crippen molar-refractivity contribution in [1.82, 2.24) is 0 Å². The van der Waals surface area contributed by atoms with Crippen molar-refractivity contribution in [3.63, 3.8) is 0 Å². The zero-order valence-corrected chi connectivity index (χ0v) is 22.1. The first-order valence-electron chi connectivity index (χ1n) is 12.2. The van der Waals surface area contributed by atoms with Gasteiger partial charge in [0, 0.05) is 28.3 Å². The van der Waals surface area contributed by atoms with E-state index in [9.17, 15) is 9.59 Å². The molecule has 2 aliphatic rings. The number of nitrogens with zero attached hydrogens (tertiary/aromatic N) is 1. The van der Waals surface area contributed by atoms with Crippen molar-refractivity contribution in [3.05, 3.63) is 94.1 Å². The number of benzene rings is 3. The molecule has 6 nitrogen and oxygen atoms in total. The summed E-state index contributed by atoms with van der Waals surface area (Å²) < 4.78 is 11.1. The second-order valence-corrected chi connectivity index (χ2v) is 10.6. The van der Waals surface area contributed by atoms with E-state index >= 15 is 0 Å². The minimum atomic E-state index is -0.683. The van der Waals surface area contributed by atoms with E-state index in [1.807, 2.05) is 36.4 Å². The fourth-order valence-corrected chi connectivity index (χ4v) is 5.41. The van der Waals surface area contributed by atoms with E-state index < -0.39 is 6.04 Å². The van der Waals surface area contributed by atoms with Crippen LogP contribution in [0.5, 0.6) is 11.5 Å². The monoisotopic (exact) mass is 516 g/mol. The lowest BCUT2D eigenvalue weighted by atomic mass is 9.73. The Hall–Kier alpha value is -3.77. The maximum Gasteiger partial charge on any atom is 0.259 e. The molecule has 190 valence electrons. The average Bonchev–Trinajstić information content (AvgIpc) is 3.02. The van der Waals surface area contributed by atoms with Crippen LogP contribution in [-0.2, 0) is 4.79 Å². The third kappa shape index (κ3) is 4.58. The molecule has 1 aliphatic heterocycles. The molecule has 0 aromatic heterocycles. The molecule has 0 bridgehead atoms. The van der Waals surface area contributed by atoms with Gasteiger partial charge in [-0.15, -0.1) is 0 Å². The first kappa shape index (κ1) is 24.9. The molecule has 1 heterocycles. The molecule has 3 aromatic carbocycles. The van der Waals surface area contributed by atoms with Gasteiger partial charge in [0.25, 0.3) is 5.91 Å². The molecule has 1 aliphatic carbocycles. The molecule has 0 radical (unpaired) electrons. The highest BCUT2D eigenvalue weighted by molar-refractivity contribution is 6.30. The zero-order chi connectivity index (χ0) is 26.3. The van der Waals surface area contributed by atoms with Crippen LogP contribution >= 0.6 is 11.6 Å². The van der Waals surface area contributed by atoms with Gasteiger partial charge < -0.3 is 14.8 Å². The molecule has 1 atom stereocenters. The predicted octanol–water partition coefficient (Wildman–Crippen LogP) is 6.81. The van der Waals surface area contributed by atoms with Crippen LogP contribution in [0, 0.1) is 5.41 Å². The molecular weight excluding hydrogens is 488 g/mol. The van der Waals surface area contributed by atoms with Gasteiger partial charge in [-0.1, -0.05) is 43.6 Å². The smallest absolute Gasteiger partial charge is 0.259 e. The Bertz CT molecular complexity index is 1410. The van der Waals surface area contributed by atoms with E-state index in [1.165, 1.54) is 0 Å². The highest BCUT2D eigenvalue weighted by atomic mass is 35.5. The summed E-state index contributed by atoms with van der Waals surface area (Å²) in [6.45, 7) is 4.18. The number of allylic oxidation sites excluding steroid dienone is 1. The van der Waals surface area contributed by atoms with Gasteiger partial charge in [0.05, 0.1) is 31.6 Å². The van der Waals surface area contributed by atoms with Gasteiger partial charge in [-0.3, -0.25) is 14.5 Å². The summed E-state index contributed by atoms with van der Waals surface area (Å²) in [4.78, 5) is 29.8. The fraction of sp³-hybridized carbons (Fsp3) is 0.267. The van der Waals surface area contributed by atoms with Crippen molar-refractivity contribution in [3.8, 4) is 11.5 Å². The molecule has 0 saturated heterocycles. The molecule has 5 rings (SSSR count). The third-order valence-corrected chi connectivity index (χ3v) is 7.19. The Morgan fingerprint density at radius 2 is 1.68 bits per heavy atom. The maximum absolute atomic E-state index is 14.3. The number of carbonyl (C=O) groups excluding carboxylic acids is 2. The summed E-state index contributed by atoms with van der Waals surface area (Å²) in [6, 6.07) is 19.3. The topological polar surface area (TPSA) is 67.9 Å². The quantitative estimate of drug-likeness (QED) is 0.412. The van der Waals surface area contributed by atoms with Crippen LogP contribution in [0.4, 0.5) is 11.4 Å². The van der Waals surface area contributed by atoms with E-state index in [0.29, 0.717) is 46.2 Å². The highest BCUT2D eigenvalue weighted by Crippen LogP contribution is 2.49. The molecule has 7 heteroatoms. The van der Waals surface area contributed by atoms with E-state index in [4.69, 9.17) is 21.1 Å². The van der Waals surface area contributed by atoms with E-state index in [1.54, 1.807) is 49.5 Å². The lowest BCUT2D eigenvalue weighted by molar-refractivity contribution is -0.118. The Morgan fingerprint density at radius 3 is 2.38 bits per heavy atom. The van der Waals surface area contributed by atoms with Crippen molar-refractivity contribution in [2.75, 3.05) is 24.4 Å². The summed E-state index contributed by atoms with van der Waals surface area (Å²) in [6.07, 6.45) is 1.06. The van der Waals surface area contributed by atoms with E-state index in [2.05, 4.69) is 19.2 Å². The molecule has 1 amide bonds. The molecule has 0 saturated carbocycles. The second-order valence-electron chi connectivity index (χ2n) is 10.2. The number of hydrogen-bond acceptors (Lipinski definition) is 5. The van der Waals surface area contributed by atoms with Gasteiger partial charge in [0.2, 0.25) is 0 Å². The number of carbonyl (C=O) groups is 2. The summed E-state index contributed by atoms with van der Waals surface area (Å²) >= 11 is 6.12. The first-order chi connectivity index (χ1) is 17.7. The van der Waals surface area contributed by atoms with Crippen molar-refractivity contribution in [2.24, 2.45) is 5.41 Å². The molecule has 0 unspecified atom stereocenters. The Labute approximate surface area is 221 Å². The molecule has 3 aromatic rings. The first-order valence-corrected chi connectivity index (χ1v) is 12.5. The number of ether oxygens (including phenoxy) is 2. The minimum Gasteiger partial charge on any atom is -0.493 e. The standard InChI is InChI=1S/C30H29ClN2O4/c1-30(2)16-22-27(24(34)17-30)28(19-11-14-25(36-3)26(15-19)37-4)33(23-8-6-5-7-21(23)32-22)29(35)18-9-12-20(31)13-10-18/h5-15,28,32H,16-17H2,1-4H3/t28-/m1/s1. The average molecular weight is 517 g/mol. The number of hydrogen-bond donors (Lipinski definition) is 1. The number of rotatable bonds is 4. The van der Waals surface area contributed by atoms with Crippen LogP contribution in [0.3, 0.4) is 0 Å². The Kier molecular flexibility index (Phi) is 6.46. The van der Waals surface area contributed by atoms with Gasteiger partial charge in [-0.05, 0) is 65.9 Å². The SMILES string of the molecule is COc1ccc([C@@H]2C3=C(CC(C)(C)CC3=O)Nc3ccccc3N2C(=O)c2ccc(Cl)cc2)cc1OC. The van der Waals surface area contributed by atoms with Crippen LogP contribution in [0.2, 0.25) is 5.02 Å². The molecule has 0 spiro atoms. The van der Waals surface area contributed by atoms with Gasteiger partial charge >= 0.3 is 0 Å². The van der Waals surface area contributed by atoms with Crippen LogP contribution < -0.4 is 19.7 Å². The van der Waals surface area contributed by atoms with Crippen LogP contribution in [0.25, 0.3) is 0 Å². The maximum atomic E-state index is 14.3. The van der Waals surface area contributed by atoms with E-state index in [-0.39, 0.29) is 17.1 Å². The number of nitrogens with one attached hydrogen (secondary N) is 1. The van der Waals surface area contributed by atoms with Crippen LogP contribution in [-0.4, -0.2) is 25.9 Å². The lowest BCUT2D eigenvalue weighted by Crippen LogP contribution is -2.39. The fourth-order valence-electron chi connectivity index (χ4n) is 5.28. The normalized spacial score (nSPS) is 18.4. The lowest BCUT2D eigenvalue weighted by Gasteiger charge is -2.37. The summed E-state index contributed by atoms with van der Waals surface area (Å²) in [5.41, 5.74) is 3.88. The third-order valence-electron chi connectivity index (χ3n) is 6.93.